The number of benzene rings is 1. The Morgan fingerprint density at radius 3 is 2.58 bits per heavy atom. The molecule has 1 atom stereocenters. The molecule has 6 heteroatoms. The number of nitrogens with zero attached hydrogens (tertiary/aromatic N) is 1. The summed E-state index contributed by atoms with van der Waals surface area (Å²) in [5.74, 6) is 1.54. The third-order valence-corrected chi connectivity index (χ3v) is 4.34. The highest BCUT2D eigenvalue weighted by molar-refractivity contribution is 5.84. The van der Waals surface area contributed by atoms with Crippen LogP contribution in [0.25, 0.3) is 0 Å². The second-order valence-electron chi connectivity index (χ2n) is 7.19. The molecule has 1 aromatic rings. The fraction of sp³-hybridized carbons (Fsp3) is 0.600. The molecule has 3 N–H and O–H groups in total. The molecular weight excluding hydrogens is 328 g/mol. The molecule has 1 rings (SSSR count). The van der Waals surface area contributed by atoms with Crippen LogP contribution in [0.15, 0.2) is 23.2 Å². The summed E-state index contributed by atoms with van der Waals surface area (Å²) in [6.45, 7) is 11.1. The fourth-order valence-electron chi connectivity index (χ4n) is 2.34. The van der Waals surface area contributed by atoms with E-state index in [2.05, 4.69) is 59.9 Å². The van der Waals surface area contributed by atoms with Crippen LogP contribution in [0.4, 0.5) is 0 Å². The summed E-state index contributed by atoms with van der Waals surface area (Å²) in [7, 11) is 3.36. The van der Waals surface area contributed by atoms with E-state index in [-0.39, 0.29) is 12.0 Å². The van der Waals surface area contributed by atoms with Gasteiger partial charge in [-0.05, 0) is 45.7 Å². The zero-order chi connectivity index (χ0) is 19.7. The third-order valence-electron chi connectivity index (χ3n) is 4.34. The number of carbonyl (C=O) groups is 1. The molecule has 0 aromatic heterocycles. The van der Waals surface area contributed by atoms with Gasteiger partial charge in [0.05, 0.1) is 11.5 Å². The number of rotatable bonds is 8. The van der Waals surface area contributed by atoms with E-state index in [1.807, 2.05) is 13.8 Å². The molecule has 0 heterocycles. The maximum Gasteiger partial charge on any atom is 0.227 e. The van der Waals surface area contributed by atoms with Crippen molar-refractivity contribution in [3.05, 3.63) is 29.3 Å². The number of aliphatic imine (C=N–C) groups is 1. The summed E-state index contributed by atoms with van der Waals surface area (Å²) in [5, 5.41) is 9.19. The molecule has 146 valence electrons. The van der Waals surface area contributed by atoms with Crippen LogP contribution in [-0.4, -0.2) is 38.6 Å². The molecule has 0 fully saturated rings. The van der Waals surface area contributed by atoms with Crippen LogP contribution in [0.2, 0.25) is 0 Å². The Bertz CT molecular complexity index is 626. The topological polar surface area (TPSA) is 74.8 Å². The van der Waals surface area contributed by atoms with Crippen LogP contribution >= 0.6 is 0 Å². The smallest absolute Gasteiger partial charge is 0.227 e. The van der Waals surface area contributed by atoms with E-state index >= 15 is 0 Å². The molecule has 6 nitrogen and oxygen atoms in total. The van der Waals surface area contributed by atoms with Crippen molar-refractivity contribution in [2.45, 2.75) is 53.7 Å². The minimum absolute atomic E-state index is 0.0109. The van der Waals surface area contributed by atoms with Gasteiger partial charge in [0.2, 0.25) is 5.91 Å². The Kier molecular flexibility index (Phi) is 8.42. The number of guanidine groups is 1. The standard InChI is InChI=1S/C20H34N4O2/c1-8-15(3)26-17-11-14(2)9-10-16(17)12-23-19(22-7)24-13-20(4,5)18(25)21-6/h9-11,15H,8,12-13H2,1-7H3,(H,21,25)(H2,22,23,24). The first-order chi connectivity index (χ1) is 12.2. The number of aryl methyl sites for hydroxylation is 1. The minimum Gasteiger partial charge on any atom is -0.490 e. The highest BCUT2D eigenvalue weighted by Gasteiger charge is 2.26. The molecule has 1 unspecified atom stereocenters. The van der Waals surface area contributed by atoms with Crippen LogP contribution in [0.5, 0.6) is 5.75 Å². The Morgan fingerprint density at radius 1 is 1.31 bits per heavy atom. The largest absolute Gasteiger partial charge is 0.490 e. The van der Waals surface area contributed by atoms with Crippen molar-refractivity contribution in [3.63, 3.8) is 0 Å². The van der Waals surface area contributed by atoms with E-state index in [4.69, 9.17) is 4.74 Å². The summed E-state index contributed by atoms with van der Waals surface area (Å²) >= 11 is 0. The zero-order valence-corrected chi connectivity index (χ0v) is 17.2. The highest BCUT2D eigenvalue weighted by Crippen LogP contribution is 2.22. The van der Waals surface area contributed by atoms with Gasteiger partial charge >= 0.3 is 0 Å². The van der Waals surface area contributed by atoms with E-state index < -0.39 is 5.41 Å². The van der Waals surface area contributed by atoms with Crippen molar-refractivity contribution in [2.75, 3.05) is 20.6 Å². The van der Waals surface area contributed by atoms with Gasteiger partial charge in [0.15, 0.2) is 5.96 Å². The second-order valence-corrected chi connectivity index (χ2v) is 7.19. The number of amides is 1. The molecular formula is C20H34N4O2. The van der Waals surface area contributed by atoms with E-state index in [0.29, 0.717) is 19.0 Å². The van der Waals surface area contributed by atoms with Crippen molar-refractivity contribution < 1.29 is 9.53 Å². The number of hydrogen-bond acceptors (Lipinski definition) is 3. The molecule has 0 aliphatic rings. The number of ether oxygens (including phenoxy) is 1. The number of nitrogens with one attached hydrogen (secondary N) is 3. The average molecular weight is 363 g/mol. The van der Waals surface area contributed by atoms with E-state index in [9.17, 15) is 4.79 Å². The predicted octanol–water partition coefficient (Wildman–Crippen LogP) is 2.61. The van der Waals surface area contributed by atoms with Gasteiger partial charge in [-0.25, -0.2) is 0 Å². The first-order valence-electron chi connectivity index (χ1n) is 9.16. The van der Waals surface area contributed by atoms with Gasteiger partial charge in [-0.15, -0.1) is 0 Å². The first-order valence-corrected chi connectivity index (χ1v) is 9.16. The molecule has 1 aromatic carbocycles. The van der Waals surface area contributed by atoms with Gasteiger partial charge in [0.25, 0.3) is 0 Å². The molecule has 0 spiro atoms. The van der Waals surface area contributed by atoms with E-state index in [1.54, 1.807) is 14.1 Å². The molecule has 0 saturated heterocycles. The minimum atomic E-state index is -0.527. The van der Waals surface area contributed by atoms with Crippen molar-refractivity contribution >= 4 is 11.9 Å². The lowest BCUT2D eigenvalue weighted by Crippen LogP contribution is -2.47. The van der Waals surface area contributed by atoms with Crippen LogP contribution in [0.3, 0.4) is 0 Å². The number of carbonyl (C=O) groups excluding carboxylic acids is 1. The average Bonchev–Trinajstić information content (AvgIpc) is 2.62. The predicted molar refractivity (Wildman–Crippen MR) is 108 cm³/mol. The maximum absolute atomic E-state index is 11.9. The molecule has 0 bridgehead atoms. The SMILES string of the molecule is CCC(C)Oc1cc(C)ccc1CNC(=NC)NCC(C)(C)C(=O)NC. The summed E-state index contributed by atoms with van der Waals surface area (Å²) < 4.78 is 6.05. The van der Waals surface area contributed by atoms with Gasteiger partial charge in [0, 0.05) is 32.7 Å². The Hall–Kier alpha value is -2.24. The second kappa shape index (κ2) is 10.0. The Labute approximate surface area is 157 Å². The van der Waals surface area contributed by atoms with Crippen molar-refractivity contribution in [3.8, 4) is 5.75 Å². The zero-order valence-electron chi connectivity index (χ0n) is 17.2. The van der Waals surface area contributed by atoms with Gasteiger partial charge in [-0.1, -0.05) is 19.1 Å². The van der Waals surface area contributed by atoms with E-state index in [0.717, 1.165) is 17.7 Å². The van der Waals surface area contributed by atoms with Gasteiger partial charge in [-0.3, -0.25) is 9.79 Å². The van der Waals surface area contributed by atoms with E-state index in [1.165, 1.54) is 5.56 Å². The molecule has 0 radical (unpaired) electrons. The molecule has 0 saturated carbocycles. The monoisotopic (exact) mass is 362 g/mol. The van der Waals surface area contributed by atoms with Crippen LogP contribution in [0.1, 0.15) is 45.2 Å². The quantitative estimate of drug-likeness (QED) is 0.491. The van der Waals surface area contributed by atoms with Crippen LogP contribution in [-0.2, 0) is 11.3 Å². The fourth-order valence-corrected chi connectivity index (χ4v) is 2.34. The molecule has 0 aliphatic carbocycles. The summed E-state index contributed by atoms with van der Waals surface area (Å²) in [5.41, 5.74) is 1.72. The van der Waals surface area contributed by atoms with Crippen molar-refractivity contribution in [1.82, 2.24) is 16.0 Å². The number of hydrogen-bond donors (Lipinski definition) is 3. The Balaban J connectivity index is 2.73. The third kappa shape index (κ3) is 6.58. The maximum atomic E-state index is 11.9. The summed E-state index contributed by atoms with van der Waals surface area (Å²) in [6.07, 6.45) is 1.12. The van der Waals surface area contributed by atoms with Gasteiger partial charge in [-0.2, -0.15) is 0 Å². The van der Waals surface area contributed by atoms with Crippen LogP contribution < -0.4 is 20.7 Å². The first kappa shape index (κ1) is 21.8. The van der Waals surface area contributed by atoms with Crippen molar-refractivity contribution in [2.24, 2.45) is 10.4 Å². The lowest BCUT2D eigenvalue weighted by Gasteiger charge is -2.24. The summed E-state index contributed by atoms with van der Waals surface area (Å²) in [4.78, 5) is 16.1. The molecule has 26 heavy (non-hydrogen) atoms. The van der Waals surface area contributed by atoms with Gasteiger partial charge < -0.3 is 20.7 Å². The molecule has 1 amide bonds. The van der Waals surface area contributed by atoms with Crippen molar-refractivity contribution in [1.29, 1.82) is 0 Å². The van der Waals surface area contributed by atoms with Crippen LogP contribution in [0, 0.1) is 12.3 Å². The lowest BCUT2D eigenvalue weighted by molar-refractivity contribution is -0.128. The highest BCUT2D eigenvalue weighted by atomic mass is 16.5. The normalized spacial score (nSPS) is 13.1. The Morgan fingerprint density at radius 2 is 2.00 bits per heavy atom. The van der Waals surface area contributed by atoms with Gasteiger partial charge in [0.1, 0.15) is 5.75 Å². The molecule has 0 aliphatic heterocycles. The summed E-state index contributed by atoms with van der Waals surface area (Å²) in [6, 6.07) is 6.21. The lowest BCUT2D eigenvalue weighted by atomic mass is 9.92.